The summed E-state index contributed by atoms with van der Waals surface area (Å²) in [5, 5.41) is 12.8. The molecule has 1 aromatic rings. The SMILES string of the molecule is CCC(O)(CC)CNC(=O)COc1cc(C)ccc1C. The Morgan fingerprint density at radius 2 is 1.95 bits per heavy atom. The summed E-state index contributed by atoms with van der Waals surface area (Å²) in [6.07, 6.45) is 1.23. The third-order valence-corrected chi connectivity index (χ3v) is 3.63. The molecule has 0 spiro atoms. The first-order valence-corrected chi connectivity index (χ1v) is 7.09. The van der Waals surface area contributed by atoms with Crippen molar-refractivity contribution in [2.45, 2.75) is 46.1 Å². The van der Waals surface area contributed by atoms with Crippen molar-refractivity contribution >= 4 is 5.91 Å². The molecule has 112 valence electrons. The number of hydrogen-bond acceptors (Lipinski definition) is 3. The molecule has 20 heavy (non-hydrogen) atoms. The Hall–Kier alpha value is -1.55. The van der Waals surface area contributed by atoms with Crippen LogP contribution in [-0.4, -0.2) is 29.8 Å². The zero-order valence-electron chi connectivity index (χ0n) is 12.8. The van der Waals surface area contributed by atoms with Crippen LogP contribution in [0.15, 0.2) is 18.2 Å². The molecule has 4 heteroatoms. The first-order chi connectivity index (χ1) is 9.40. The number of carbonyl (C=O) groups excluding carboxylic acids is 1. The molecular weight excluding hydrogens is 254 g/mol. The fourth-order valence-corrected chi connectivity index (χ4v) is 1.82. The van der Waals surface area contributed by atoms with E-state index in [1.807, 2.05) is 45.9 Å². The lowest BCUT2D eigenvalue weighted by Gasteiger charge is -2.25. The summed E-state index contributed by atoms with van der Waals surface area (Å²) in [6, 6.07) is 5.89. The second kappa shape index (κ2) is 7.29. The lowest BCUT2D eigenvalue weighted by Crippen LogP contribution is -2.43. The highest BCUT2D eigenvalue weighted by Gasteiger charge is 2.22. The van der Waals surface area contributed by atoms with Crippen molar-refractivity contribution < 1.29 is 14.6 Å². The van der Waals surface area contributed by atoms with E-state index in [9.17, 15) is 9.90 Å². The normalized spacial score (nSPS) is 11.2. The lowest BCUT2D eigenvalue weighted by molar-refractivity contribution is -0.124. The molecule has 4 nitrogen and oxygen atoms in total. The minimum atomic E-state index is -0.824. The van der Waals surface area contributed by atoms with Gasteiger partial charge in [-0.2, -0.15) is 0 Å². The maximum Gasteiger partial charge on any atom is 0.258 e. The highest BCUT2D eigenvalue weighted by Crippen LogP contribution is 2.19. The van der Waals surface area contributed by atoms with E-state index in [2.05, 4.69) is 5.32 Å². The van der Waals surface area contributed by atoms with E-state index in [0.29, 0.717) is 12.8 Å². The molecule has 0 heterocycles. The quantitative estimate of drug-likeness (QED) is 0.805. The van der Waals surface area contributed by atoms with E-state index in [1.54, 1.807) is 0 Å². The number of amides is 1. The maximum atomic E-state index is 11.7. The lowest BCUT2D eigenvalue weighted by atomic mass is 9.98. The van der Waals surface area contributed by atoms with Crippen molar-refractivity contribution in [1.29, 1.82) is 0 Å². The highest BCUT2D eigenvalue weighted by atomic mass is 16.5. The monoisotopic (exact) mass is 279 g/mol. The Bertz CT molecular complexity index is 453. The molecule has 1 aromatic carbocycles. The number of aliphatic hydroxyl groups is 1. The van der Waals surface area contributed by atoms with Gasteiger partial charge in [0.05, 0.1) is 5.60 Å². The first-order valence-electron chi connectivity index (χ1n) is 7.09. The average molecular weight is 279 g/mol. The van der Waals surface area contributed by atoms with Crippen LogP contribution in [-0.2, 0) is 4.79 Å². The summed E-state index contributed by atoms with van der Waals surface area (Å²) in [5.41, 5.74) is 1.27. The van der Waals surface area contributed by atoms with Crippen molar-refractivity contribution in [3.05, 3.63) is 29.3 Å². The molecule has 0 bridgehead atoms. The standard InChI is InChI=1S/C16H25NO3/c1-5-16(19,6-2)11-17-15(18)10-20-14-9-12(3)7-8-13(14)4/h7-9,19H,5-6,10-11H2,1-4H3,(H,17,18). The Balaban J connectivity index is 2.46. The minimum Gasteiger partial charge on any atom is -0.483 e. The van der Waals surface area contributed by atoms with Crippen LogP contribution in [0.2, 0.25) is 0 Å². The molecule has 0 aliphatic carbocycles. The van der Waals surface area contributed by atoms with Crippen LogP contribution in [0.25, 0.3) is 0 Å². The van der Waals surface area contributed by atoms with Crippen molar-refractivity contribution in [2.24, 2.45) is 0 Å². The van der Waals surface area contributed by atoms with Gasteiger partial charge in [0.1, 0.15) is 5.75 Å². The maximum absolute atomic E-state index is 11.7. The average Bonchev–Trinajstić information content (AvgIpc) is 2.45. The van der Waals surface area contributed by atoms with E-state index in [0.717, 1.165) is 16.9 Å². The molecule has 0 aromatic heterocycles. The van der Waals surface area contributed by atoms with Crippen LogP contribution >= 0.6 is 0 Å². The number of nitrogens with one attached hydrogen (secondary N) is 1. The summed E-state index contributed by atoms with van der Waals surface area (Å²) in [6.45, 7) is 7.96. The summed E-state index contributed by atoms with van der Waals surface area (Å²) < 4.78 is 5.52. The smallest absolute Gasteiger partial charge is 0.258 e. The van der Waals surface area contributed by atoms with Gasteiger partial charge in [-0.05, 0) is 43.9 Å². The molecule has 2 N–H and O–H groups in total. The zero-order valence-corrected chi connectivity index (χ0v) is 12.8. The largest absolute Gasteiger partial charge is 0.483 e. The summed E-state index contributed by atoms with van der Waals surface area (Å²) in [5.74, 6) is 0.507. The zero-order chi connectivity index (χ0) is 15.2. The third-order valence-electron chi connectivity index (χ3n) is 3.63. The van der Waals surface area contributed by atoms with Gasteiger partial charge in [-0.1, -0.05) is 26.0 Å². The molecule has 0 saturated heterocycles. The number of hydrogen-bond donors (Lipinski definition) is 2. The van der Waals surface area contributed by atoms with Gasteiger partial charge in [0.15, 0.2) is 6.61 Å². The van der Waals surface area contributed by atoms with Gasteiger partial charge in [0, 0.05) is 6.54 Å². The van der Waals surface area contributed by atoms with Crippen molar-refractivity contribution in [1.82, 2.24) is 5.32 Å². The van der Waals surface area contributed by atoms with Gasteiger partial charge in [-0.15, -0.1) is 0 Å². The molecule has 1 amide bonds. The van der Waals surface area contributed by atoms with Gasteiger partial charge in [0.2, 0.25) is 0 Å². The van der Waals surface area contributed by atoms with Gasteiger partial charge >= 0.3 is 0 Å². The topological polar surface area (TPSA) is 58.6 Å². The molecule has 0 fully saturated rings. The Morgan fingerprint density at radius 3 is 2.55 bits per heavy atom. The molecular formula is C16H25NO3. The fraction of sp³-hybridized carbons (Fsp3) is 0.562. The summed E-state index contributed by atoms with van der Waals surface area (Å²) >= 11 is 0. The Kier molecular flexibility index (Phi) is 6.02. The Labute approximate surface area is 121 Å². The van der Waals surface area contributed by atoms with Crippen LogP contribution in [0.4, 0.5) is 0 Å². The molecule has 0 atom stereocenters. The third kappa shape index (κ3) is 4.85. The summed E-state index contributed by atoms with van der Waals surface area (Å²) in [7, 11) is 0. The van der Waals surface area contributed by atoms with Crippen molar-refractivity contribution in [2.75, 3.05) is 13.2 Å². The second-order valence-corrected chi connectivity index (χ2v) is 5.27. The first kappa shape index (κ1) is 16.5. The van der Waals surface area contributed by atoms with Crippen molar-refractivity contribution in [3.8, 4) is 5.75 Å². The number of aryl methyl sites for hydroxylation is 2. The van der Waals surface area contributed by atoms with Crippen molar-refractivity contribution in [3.63, 3.8) is 0 Å². The van der Waals surface area contributed by atoms with Crippen LogP contribution in [0.5, 0.6) is 5.75 Å². The predicted molar refractivity (Wildman–Crippen MR) is 80.0 cm³/mol. The molecule has 0 aliphatic rings. The van der Waals surface area contributed by atoms with Crippen LogP contribution in [0, 0.1) is 13.8 Å². The van der Waals surface area contributed by atoms with Gasteiger partial charge in [-0.3, -0.25) is 4.79 Å². The molecule has 1 rings (SSSR count). The molecule has 0 saturated carbocycles. The molecule has 0 unspecified atom stereocenters. The minimum absolute atomic E-state index is 0.0339. The Morgan fingerprint density at radius 1 is 1.30 bits per heavy atom. The summed E-state index contributed by atoms with van der Waals surface area (Å²) in [4.78, 5) is 11.7. The second-order valence-electron chi connectivity index (χ2n) is 5.27. The number of benzene rings is 1. The van der Waals surface area contributed by atoms with Crippen LogP contribution in [0.3, 0.4) is 0 Å². The van der Waals surface area contributed by atoms with E-state index < -0.39 is 5.60 Å². The fourth-order valence-electron chi connectivity index (χ4n) is 1.82. The molecule has 0 radical (unpaired) electrons. The number of ether oxygens (including phenoxy) is 1. The van der Waals surface area contributed by atoms with E-state index >= 15 is 0 Å². The van der Waals surface area contributed by atoms with Gasteiger partial charge < -0.3 is 15.2 Å². The molecule has 0 aliphatic heterocycles. The van der Waals surface area contributed by atoms with Gasteiger partial charge in [0.25, 0.3) is 5.91 Å². The number of carbonyl (C=O) groups is 1. The van der Waals surface area contributed by atoms with E-state index in [4.69, 9.17) is 4.74 Å². The highest BCUT2D eigenvalue weighted by molar-refractivity contribution is 5.77. The van der Waals surface area contributed by atoms with Gasteiger partial charge in [-0.25, -0.2) is 0 Å². The van der Waals surface area contributed by atoms with Crippen LogP contribution < -0.4 is 10.1 Å². The number of rotatable bonds is 7. The predicted octanol–water partition coefficient (Wildman–Crippen LogP) is 2.35. The van der Waals surface area contributed by atoms with E-state index in [-0.39, 0.29) is 19.1 Å². The van der Waals surface area contributed by atoms with E-state index in [1.165, 1.54) is 0 Å². The van der Waals surface area contributed by atoms with Crippen LogP contribution in [0.1, 0.15) is 37.8 Å².